The summed E-state index contributed by atoms with van der Waals surface area (Å²) in [6.07, 6.45) is 4.13. The lowest BCUT2D eigenvalue weighted by Crippen LogP contribution is -2.13. The molecule has 0 radical (unpaired) electrons. The van der Waals surface area contributed by atoms with Crippen LogP contribution in [0.2, 0.25) is 0 Å². The summed E-state index contributed by atoms with van der Waals surface area (Å²) >= 11 is 1.63. The Labute approximate surface area is 203 Å². The molecular formula is C26H26N3O3PS. The number of aromatic nitrogens is 1. The molecule has 0 bridgehead atoms. The molecule has 3 N–H and O–H groups in total. The van der Waals surface area contributed by atoms with E-state index in [4.69, 9.17) is 10.3 Å². The number of rotatable bonds is 9. The maximum absolute atomic E-state index is 13.2. The number of hydrogen-bond acceptors (Lipinski definition) is 6. The fraction of sp³-hybridized carbons (Fsp3) is 0.154. The van der Waals surface area contributed by atoms with Crippen molar-refractivity contribution in [2.45, 2.75) is 19.7 Å². The highest BCUT2D eigenvalue weighted by Crippen LogP contribution is 2.50. The fourth-order valence-electron chi connectivity index (χ4n) is 3.42. The Morgan fingerprint density at radius 3 is 2.59 bits per heavy atom. The highest BCUT2D eigenvalue weighted by molar-refractivity contribution is 7.58. The molecule has 0 fully saturated rings. The Morgan fingerprint density at radius 1 is 1.09 bits per heavy atom. The zero-order valence-corrected chi connectivity index (χ0v) is 20.5. The second kappa shape index (κ2) is 10.8. The van der Waals surface area contributed by atoms with E-state index in [0.717, 1.165) is 21.6 Å². The highest BCUT2D eigenvalue weighted by Gasteiger charge is 2.22. The average molecular weight is 492 g/mol. The summed E-state index contributed by atoms with van der Waals surface area (Å²) in [5, 5.41) is 4.91. The van der Waals surface area contributed by atoms with Crippen molar-refractivity contribution >= 4 is 36.0 Å². The minimum Gasteiger partial charge on any atom is -0.397 e. The zero-order chi connectivity index (χ0) is 24.0. The first kappa shape index (κ1) is 23.9. The van der Waals surface area contributed by atoms with Gasteiger partial charge in [-0.2, -0.15) is 0 Å². The Morgan fingerprint density at radius 2 is 1.91 bits per heavy atom. The van der Waals surface area contributed by atoms with E-state index in [9.17, 15) is 9.36 Å². The fourth-order valence-corrected chi connectivity index (χ4v) is 5.79. The lowest BCUT2D eigenvalue weighted by Gasteiger charge is -2.17. The third kappa shape index (κ3) is 6.00. The lowest BCUT2D eigenvalue weighted by atomic mass is 10.1. The van der Waals surface area contributed by atoms with Crippen molar-refractivity contribution < 1.29 is 13.9 Å². The normalized spacial score (nSPS) is 12.7. The second-order valence-electron chi connectivity index (χ2n) is 7.85. The predicted octanol–water partition coefficient (Wildman–Crippen LogP) is 6.66. The molecule has 1 unspecified atom stereocenters. The van der Waals surface area contributed by atoms with Gasteiger partial charge in [-0.1, -0.05) is 37.3 Å². The molecule has 0 aliphatic carbocycles. The van der Waals surface area contributed by atoms with E-state index >= 15 is 0 Å². The molecule has 2 aromatic carbocycles. The molecule has 6 nitrogen and oxygen atoms in total. The number of benzene rings is 2. The number of nitrogens with zero attached hydrogens (tertiary/aromatic N) is 1. The topological polar surface area (TPSA) is 94.3 Å². The molecule has 2 heterocycles. The van der Waals surface area contributed by atoms with E-state index in [1.807, 2.05) is 60.8 Å². The van der Waals surface area contributed by atoms with E-state index in [2.05, 4.69) is 10.3 Å². The van der Waals surface area contributed by atoms with Gasteiger partial charge in [0, 0.05) is 35.2 Å². The van der Waals surface area contributed by atoms with Crippen molar-refractivity contribution in [1.82, 2.24) is 4.98 Å². The monoisotopic (exact) mass is 491 g/mol. The first-order valence-corrected chi connectivity index (χ1v) is 13.8. The summed E-state index contributed by atoms with van der Waals surface area (Å²) < 4.78 is 19.0. The van der Waals surface area contributed by atoms with Crippen LogP contribution in [-0.2, 0) is 21.9 Å². The maximum atomic E-state index is 13.2. The van der Waals surface area contributed by atoms with Gasteiger partial charge in [0.05, 0.1) is 18.0 Å². The van der Waals surface area contributed by atoms with Gasteiger partial charge >= 0.3 is 0 Å². The van der Waals surface area contributed by atoms with Gasteiger partial charge in [-0.25, -0.2) is 0 Å². The standard InChI is InChI=1S/C26H26N3O3PS/c1-2-33(31,32-17-20-5-3-13-28-16-20)18-19-7-9-21(10-8-19)26(30)29-24-15-22(11-12-23(24)27)25-6-4-14-34-25/h3-16H,2,17-18,27H2,1H3,(H,29,30). The van der Waals surface area contributed by atoms with Gasteiger partial charge in [0.25, 0.3) is 5.91 Å². The van der Waals surface area contributed by atoms with Gasteiger partial charge in [0.15, 0.2) is 0 Å². The van der Waals surface area contributed by atoms with E-state index in [0.29, 0.717) is 29.3 Å². The summed E-state index contributed by atoms with van der Waals surface area (Å²) in [7, 11) is -2.86. The molecule has 8 heteroatoms. The Kier molecular flexibility index (Phi) is 7.58. The number of anilines is 2. The summed E-state index contributed by atoms with van der Waals surface area (Å²) in [6, 6.07) is 20.4. The molecule has 174 valence electrons. The maximum Gasteiger partial charge on any atom is 0.255 e. The molecule has 2 aromatic heterocycles. The van der Waals surface area contributed by atoms with Gasteiger partial charge in [-0.3, -0.25) is 14.3 Å². The summed E-state index contributed by atoms with van der Waals surface area (Å²) in [5.41, 5.74) is 10.4. The van der Waals surface area contributed by atoms with Crippen molar-refractivity contribution in [2.75, 3.05) is 17.2 Å². The number of nitrogens with two attached hydrogens (primary N) is 1. The number of nitrogen functional groups attached to an aromatic ring is 1. The van der Waals surface area contributed by atoms with Crippen LogP contribution in [0, 0.1) is 0 Å². The van der Waals surface area contributed by atoms with Crippen LogP contribution in [0.1, 0.15) is 28.4 Å². The summed E-state index contributed by atoms with van der Waals surface area (Å²) in [4.78, 5) is 18.0. The largest absolute Gasteiger partial charge is 0.397 e. The summed E-state index contributed by atoms with van der Waals surface area (Å²) in [5.74, 6) is -0.256. The summed E-state index contributed by atoms with van der Waals surface area (Å²) in [6.45, 7) is 2.12. The van der Waals surface area contributed by atoms with Crippen molar-refractivity contribution in [3.05, 3.63) is 101 Å². The molecule has 0 aliphatic rings. The number of amides is 1. The van der Waals surface area contributed by atoms with Crippen LogP contribution < -0.4 is 11.1 Å². The van der Waals surface area contributed by atoms with Crippen LogP contribution in [-0.4, -0.2) is 17.1 Å². The number of pyridine rings is 1. The minimum absolute atomic E-state index is 0.255. The van der Waals surface area contributed by atoms with Crippen LogP contribution in [0.15, 0.2) is 84.5 Å². The molecule has 1 atom stereocenters. The quantitative estimate of drug-likeness (QED) is 0.202. The van der Waals surface area contributed by atoms with E-state index in [-0.39, 0.29) is 12.5 Å². The van der Waals surface area contributed by atoms with E-state index in [1.54, 1.807) is 41.9 Å². The van der Waals surface area contributed by atoms with Crippen LogP contribution in [0.4, 0.5) is 11.4 Å². The first-order chi connectivity index (χ1) is 16.5. The van der Waals surface area contributed by atoms with Gasteiger partial charge in [-0.15, -0.1) is 11.3 Å². The molecule has 0 saturated heterocycles. The molecule has 4 aromatic rings. The van der Waals surface area contributed by atoms with Gasteiger partial charge in [-0.05, 0) is 58.5 Å². The number of nitrogens with one attached hydrogen (secondary N) is 1. The zero-order valence-electron chi connectivity index (χ0n) is 18.8. The molecule has 0 aliphatic heterocycles. The van der Waals surface area contributed by atoms with Crippen molar-refractivity contribution in [3.63, 3.8) is 0 Å². The SMILES string of the molecule is CCP(=O)(Cc1ccc(C(=O)Nc2cc(-c3cccs3)ccc2N)cc1)OCc1cccnc1. The van der Waals surface area contributed by atoms with Gasteiger partial charge < -0.3 is 15.6 Å². The number of carbonyl (C=O) groups excluding carboxylic acids is 1. The first-order valence-electron chi connectivity index (χ1n) is 10.9. The number of thiophene rings is 1. The molecule has 0 saturated carbocycles. The Balaban J connectivity index is 1.41. The molecule has 1 amide bonds. The minimum atomic E-state index is -2.86. The second-order valence-corrected chi connectivity index (χ2v) is 11.6. The number of hydrogen-bond donors (Lipinski definition) is 2. The average Bonchev–Trinajstić information content (AvgIpc) is 3.40. The molecular weight excluding hydrogens is 465 g/mol. The highest BCUT2D eigenvalue weighted by atomic mass is 32.1. The van der Waals surface area contributed by atoms with Crippen LogP contribution in [0.5, 0.6) is 0 Å². The van der Waals surface area contributed by atoms with Crippen LogP contribution >= 0.6 is 18.7 Å². The van der Waals surface area contributed by atoms with Crippen LogP contribution in [0.25, 0.3) is 10.4 Å². The molecule has 4 rings (SSSR count). The van der Waals surface area contributed by atoms with E-state index in [1.165, 1.54) is 0 Å². The van der Waals surface area contributed by atoms with Crippen LogP contribution in [0.3, 0.4) is 0 Å². The van der Waals surface area contributed by atoms with Gasteiger partial charge in [0.1, 0.15) is 0 Å². The number of carbonyl (C=O) groups is 1. The third-order valence-electron chi connectivity index (χ3n) is 5.42. The predicted molar refractivity (Wildman–Crippen MR) is 139 cm³/mol. The molecule has 34 heavy (non-hydrogen) atoms. The van der Waals surface area contributed by atoms with Crippen molar-refractivity contribution in [2.24, 2.45) is 0 Å². The Hall–Kier alpha value is -3.25. The molecule has 0 spiro atoms. The van der Waals surface area contributed by atoms with Gasteiger partial charge in [0.2, 0.25) is 7.37 Å². The van der Waals surface area contributed by atoms with Crippen molar-refractivity contribution in [1.29, 1.82) is 0 Å². The smallest absolute Gasteiger partial charge is 0.255 e. The lowest BCUT2D eigenvalue weighted by molar-refractivity contribution is 0.102. The Bertz CT molecular complexity index is 1290. The third-order valence-corrected chi connectivity index (χ3v) is 8.75. The van der Waals surface area contributed by atoms with Crippen molar-refractivity contribution in [3.8, 4) is 10.4 Å². The van der Waals surface area contributed by atoms with E-state index < -0.39 is 7.37 Å².